The number of carbonyl (C=O) groups is 1. The fourth-order valence-electron chi connectivity index (χ4n) is 3.28. The summed E-state index contributed by atoms with van der Waals surface area (Å²) in [6.45, 7) is 2.62. The van der Waals surface area contributed by atoms with Gasteiger partial charge in [0.1, 0.15) is 12.4 Å². The van der Waals surface area contributed by atoms with E-state index in [1.165, 1.54) is 0 Å². The Balaban J connectivity index is 1.43. The normalized spacial score (nSPS) is 10.8. The number of nitrogens with zero attached hydrogens (tertiary/aromatic N) is 2. The lowest BCUT2D eigenvalue weighted by Crippen LogP contribution is -2.13. The third-order valence-electron chi connectivity index (χ3n) is 4.98. The topological polar surface area (TPSA) is 56.1 Å². The summed E-state index contributed by atoms with van der Waals surface area (Å²) in [4.78, 5) is 12.8. The average molecular weight is 501 g/mol. The molecular weight excluding hydrogens is 481 g/mol. The number of aromatic nitrogens is 2. The van der Waals surface area contributed by atoms with Gasteiger partial charge < -0.3 is 10.1 Å². The molecule has 8 heteroatoms. The van der Waals surface area contributed by atoms with Gasteiger partial charge in [-0.2, -0.15) is 5.10 Å². The largest absolute Gasteiger partial charge is 0.489 e. The number of amides is 1. The van der Waals surface area contributed by atoms with Gasteiger partial charge in [0, 0.05) is 38.0 Å². The van der Waals surface area contributed by atoms with Crippen LogP contribution in [0.4, 0.5) is 5.82 Å². The van der Waals surface area contributed by atoms with Crippen LogP contribution in [0.3, 0.4) is 0 Å². The molecule has 1 aromatic heterocycles. The molecule has 1 N–H and O–H groups in total. The first-order valence-electron chi connectivity index (χ1n) is 10.1. The van der Waals surface area contributed by atoms with Gasteiger partial charge in [-0.1, -0.05) is 59.1 Å². The molecular formula is C25H20Cl3N3O2. The van der Waals surface area contributed by atoms with Gasteiger partial charge in [0.05, 0.1) is 6.54 Å². The quantitative estimate of drug-likeness (QED) is 0.296. The zero-order chi connectivity index (χ0) is 23.4. The van der Waals surface area contributed by atoms with Crippen LogP contribution >= 0.6 is 34.8 Å². The van der Waals surface area contributed by atoms with Crippen LogP contribution in [0.25, 0.3) is 0 Å². The highest BCUT2D eigenvalue weighted by Gasteiger charge is 2.13. The van der Waals surface area contributed by atoms with Crippen molar-refractivity contribution in [3.63, 3.8) is 0 Å². The molecule has 0 aliphatic rings. The van der Waals surface area contributed by atoms with Crippen LogP contribution in [0.2, 0.25) is 15.1 Å². The van der Waals surface area contributed by atoms with Crippen molar-refractivity contribution >= 4 is 46.5 Å². The number of rotatable bonds is 7. The fourth-order valence-corrected chi connectivity index (χ4v) is 3.98. The van der Waals surface area contributed by atoms with Crippen LogP contribution in [0.15, 0.2) is 72.8 Å². The molecule has 0 spiro atoms. The first-order valence-corrected chi connectivity index (χ1v) is 11.3. The molecule has 0 atom stereocenters. The van der Waals surface area contributed by atoms with Gasteiger partial charge in [0.2, 0.25) is 0 Å². The number of benzene rings is 3. The van der Waals surface area contributed by atoms with E-state index in [0.29, 0.717) is 45.4 Å². The molecule has 0 radical (unpaired) electrons. The van der Waals surface area contributed by atoms with E-state index in [1.54, 1.807) is 53.2 Å². The van der Waals surface area contributed by atoms with E-state index in [0.717, 1.165) is 16.8 Å². The molecule has 33 heavy (non-hydrogen) atoms. The predicted molar refractivity (Wildman–Crippen MR) is 133 cm³/mol. The van der Waals surface area contributed by atoms with E-state index >= 15 is 0 Å². The summed E-state index contributed by atoms with van der Waals surface area (Å²) in [6, 6.07) is 21.6. The molecule has 168 valence electrons. The number of nitrogens with one attached hydrogen (secondary N) is 1. The number of aryl methyl sites for hydroxylation is 1. The Hall–Kier alpha value is -2.99. The monoisotopic (exact) mass is 499 g/mol. The molecule has 1 amide bonds. The van der Waals surface area contributed by atoms with Gasteiger partial charge in [-0.25, -0.2) is 0 Å². The zero-order valence-corrected chi connectivity index (χ0v) is 20.0. The minimum absolute atomic E-state index is 0.264. The van der Waals surface area contributed by atoms with Crippen LogP contribution < -0.4 is 10.1 Å². The first-order chi connectivity index (χ1) is 15.9. The summed E-state index contributed by atoms with van der Waals surface area (Å²) in [7, 11) is 0. The van der Waals surface area contributed by atoms with Crippen LogP contribution in [-0.4, -0.2) is 15.7 Å². The van der Waals surface area contributed by atoms with Crippen LogP contribution in [0.5, 0.6) is 5.75 Å². The first kappa shape index (κ1) is 23.2. The Morgan fingerprint density at radius 1 is 0.970 bits per heavy atom. The van der Waals surface area contributed by atoms with E-state index in [9.17, 15) is 4.79 Å². The molecule has 0 bridgehead atoms. The molecule has 1 heterocycles. The van der Waals surface area contributed by atoms with E-state index in [1.807, 2.05) is 31.2 Å². The number of hydrogen-bond acceptors (Lipinski definition) is 3. The maximum Gasteiger partial charge on any atom is 0.256 e. The number of ether oxygens (including phenoxy) is 1. The molecule has 0 fully saturated rings. The number of halogens is 3. The van der Waals surface area contributed by atoms with E-state index in [4.69, 9.17) is 39.5 Å². The van der Waals surface area contributed by atoms with Crippen molar-refractivity contribution in [1.82, 2.24) is 9.78 Å². The molecule has 0 unspecified atom stereocenters. The Morgan fingerprint density at radius 2 is 1.70 bits per heavy atom. The lowest BCUT2D eigenvalue weighted by molar-refractivity contribution is 0.102. The minimum Gasteiger partial charge on any atom is -0.489 e. The second-order valence-corrected chi connectivity index (χ2v) is 8.68. The summed E-state index contributed by atoms with van der Waals surface area (Å²) < 4.78 is 7.52. The highest BCUT2D eigenvalue weighted by Crippen LogP contribution is 2.26. The smallest absolute Gasteiger partial charge is 0.256 e. The Bertz CT molecular complexity index is 1280. The second kappa shape index (κ2) is 10.3. The van der Waals surface area contributed by atoms with Crippen molar-refractivity contribution in [2.75, 3.05) is 5.32 Å². The highest BCUT2D eigenvalue weighted by atomic mass is 35.5. The fraction of sp³-hybridized carbons (Fsp3) is 0.120. The predicted octanol–water partition coefficient (Wildman–Crippen LogP) is 7.03. The van der Waals surface area contributed by atoms with E-state index in [2.05, 4.69) is 10.4 Å². The SMILES string of the molecule is Cc1cc(NC(=O)c2cccc(COc3cccc(Cl)c3)c2)nn1Cc1c(Cl)cccc1Cl. The second-order valence-electron chi connectivity index (χ2n) is 7.43. The molecule has 0 aliphatic heterocycles. The van der Waals surface area contributed by atoms with Crippen molar-refractivity contribution in [1.29, 1.82) is 0 Å². The zero-order valence-electron chi connectivity index (χ0n) is 17.7. The Labute approximate surface area is 206 Å². The van der Waals surface area contributed by atoms with Crippen LogP contribution in [0.1, 0.15) is 27.2 Å². The molecule has 4 rings (SSSR count). The van der Waals surface area contributed by atoms with E-state index < -0.39 is 0 Å². The molecule has 0 saturated heterocycles. The van der Waals surface area contributed by atoms with Gasteiger partial charge in [-0.15, -0.1) is 0 Å². The molecule has 4 aromatic rings. The van der Waals surface area contributed by atoms with Gasteiger partial charge in [-0.3, -0.25) is 9.48 Å². The molecule has 0 aliphatic carbocycles. The number of hydrogen-bond donors (Lipinski definition) is 1. The van der Waals surface area contributed by atoms with Crippen molar-refractivity contribution in [3.05, 3.63) is 110 Å². The maximum absolute atomic E-state index is 12.8. The van der Waals surface area contributed by atoms with Gasteiger partial charge in [0.25, 0.3) is 5.91 Å². The third-order valence-corrected chi connectivity index (χ3v) is 5.93. The Kier molecular flexibility index (Phi) is 7.23. The summed E-state index contributed by atoms with van der Waals surface area (Å²) >= 11 is 18.5. The minimum atomic E-state index is -0.264. The molecule has 0 saturated carbocycles. The number of carbonyl (C=O) groups excluding carboxylic acids is 1. The van der Waals surface area contributed by atoms with Crippen molar-refractivity contribution in [2.45, 2.75) is 20.1 Å². The summed E-state index contributed by atoms with van der Waals surface area (Å²) in [6.07, 6.45) is 0. The van der Waals surface area contributed by atoms with Crippen LogP contribution in [-0.2, 0) is 13.2 Å². The molecule has 3 aromatic carbocycles. The molecule has 5 nitrogen and oxygen atoms in total. The van der Waals surface area contributed by atoms with Gasteiger partial charge in [-0.05, 0) is 55.0 Å². The number of anilines is 1. The van der Waals surface area contributed by atoms with Gasteiger partial charge >= 0.3 is 0 Å². The summed E-state index contributed by atoms with van der Waals surface area (Å²) in [5.41, 5.74) is 3.00. The average Bonchev–Trinajstić information content (AvgIpc) is 3.13. The summed E-state index contributed by atoms with van der Waals surface area (Å²) in [5, 5.41) is 9.08. The van der Waals surface area contributed by atoms with Crippen molar-refractivity contribution in [3.8, 4) is 5.75 Å². The summed E-state index contributed by atoms with van der Waals surface area (Å²) in [5.74, 6) is 0.846. The Morgan fingerprint density at radius 3 is 2.45 bits per heavy atom. The maximum atomic E-state index is 12.8. The van der Waals surface area contributed by atoms with Crippen LogP contribution in [0, 0.1) is 6.92 Å². The van der Waals surface area contributed by atoms with Crippen molar-refractivity contribution in [2.24, 2.45) is 0 Å². The van der Waals surface area contributed by atoms with Gasteiger partial charge in [0.15, 0.2) is 5.82 Å². The van der Waals surface area contributed by atoms with E-state index in [-0.39, 0.29) is 5.91 Å². The van der Waals surface area contributed by atoms with Crippen molar-refractivity contribution < 1.29 is 9.53 Å². The highest BCUT2D eigenvalue weighted by molar-refractivity contribution is 6.36. The third kappa shape index (κ3) is 5.88. The standard InChI is InChI=1S/C25H20Cl3N3O2/c1-16-11-24(30-31(16)14-21-22(27)9-4-10-23(21)28)29-25(32)18-6-2-5-17(12-18)15-33-20-8-3-7-19(26)13-20/h2-13H,14-15H2,1H3,(H,29,30,32). The lowest BCUT2D eigenvalue weighted by Gasteiger charge is -2.09. The lowest BCUT2D eigenvalue weighted by atomic mass is 10.1.